The number of nitrogens with zero attached hydrogens (tertiary/aromatic N) is 2. The van der Waals surface area contributed by atoms with E-state index in [0.717, 1.165) is 19.5 Å². The molecule has 1 fully saturated rings. The predicted octanol–water partition coefficient (Wildman–Crippen LogP) is 2.66. The van der Waals surface area contributed by atoms with E-state index in [9.17, 15) is 0 Å². The van der Waals surface area contributed by atoms with Gasteiger partial charge in [0.15, 0.2) is 0 Å². The predicted molar refractivity (Wildman–Crippen MR) is 90.5 cm³/mol. The summed E-state index contributed by atoms with van der Waals surface area (Å²) in [5, 5.41) is 0. The fraction of sp³-hybridized carbons (Fsp3) is 0.667. The molecule has 1 aromatic rings. The maximum atomic E-state index is 6.42. The van der Waals surface area contributed by atoms with Gasteiger partial charge in [-0.2, -0.15) is 0 Å². The molecule has 3 heteroatoms. The molecule has 0 radical (unpaired) electrons. The van der Waals surface area contributed by atoms with E-state index in [1.54, 1.807) is 0 Å². The van der Waals surface area contributed by atoms with Gasteiger partial charge in [-0.05, 0) is 51.0 Å². The summed E-state index contributed by atoms with van der Waals surface area (Å²) < 4.78 is 0. The molecular weight excluding hydrogens is 258 g/mol. The molecule has 2 atom stereocenters. The Labute approximate surface area is 130 Å². The Balaban J connectivity index is 1.89. The van der Waals surface area contributed by atoms with Gasteiger partial charge in [-0.3, -0.25) is 4.90 Å². The van der Waals surface area contributed by atoms with Crippen molar-refractivity contribution >= 4 is 0 Å². The molecule has 0 amide bonds. The first-order valence-electron chi connectivity index (χ1n) is 8.33. The lowest BCUT2D eigenvalue weighted by Crippen LogP contribution is -2.47. The third-order valence-electron chi connectivity index (χ3n) is 4.61. The molecule has 2 unspecified atom stereocenters. The van der Waals surface area contributed by atoms with Gasteiger partial charge in [-0.25, -0.2) is 0 Å². The average molecular weight is 289 g/mol. The Kier molecular flexibility index (Phi) is 6.22. The van der Waals surface area contributed by atoms with E-state index in [4.69, 9.17) is 5.73 Å². The molecule has 1 aromatic carbocycles. The van der Waals surface area contributed by atoms with Crippen LogP contribution in [0, 0.1) is 0 Å². The minimum Gasteiger partial charge on any atom is -0.323 e. The third kappa shape index (κ3) is 4.80. The normalized spacial score (nSPS) is 21.7. The first-order valence-corrected chi connectivity index (χ1v) is 8.33. The second-order valence-corrected chi connectivity index (χ2v) is 6.62. The van der Waals surface area contributed by atoms with E-state index in [-0.39, 0.29) is 6.04 Å². The van der Waals surface area contributed by atoms with Gasteiger partial charge in [0.2, 0.25) is 0 Å². The highest BCUT2D eigenvalue weighted by atomic mass is 15.2. The minimum absolute atomic E-state index is 0.126. The molecule has 0 bridgehead atoms. The van der Waals surface area contributed by atoms with Crippen molar-refractivity contribution in [2.24, 2.45) is 5.73 Å². The first kappa shape index (κ1) is 16.5. The summed E-state index contributed by atoms with van der Waals surface area (Å²) >= 11 is 0. The molecule has 0 aromatic heterocycles. The number of likely N-dealkylation sites (tertiary alicyclic amines) is 1. The van der Waals surface area contributed by atoms with E-state index < -0.39 is 0 Å². The van der Waals surface area contributed by atoms with Crippen molar-refractivity contribution in [1.29, 1.82) is 0 Å². The molecule has 21 heavy (non-hydrogen) atoms. The first-order chi connectivity index (χ1) is 10.1. The second-order valence-electron chi connectivity index (χ2n) is 6.62. The number of nitrogens with two attached hydrogens (primary N) is 1. The Morgan fingerprint density at radius 3 is 2.62 bits per heavy atom. The Morgan fingerprint density at radius 1 is 1.29 bits per heavy atom. The van der Waals surface area contributed by atoms with Crippen LogP contribution in [0.15, 0.2) is 24.3 Å². The molecule has 1 aliphatic rings. The van der Waals surface area contributed by atoms with E-state index >= 15 is 0 Å². The zero-order chi connectivity index (χ0) is 15.2. The zero-order valence-corrected chi connectivity index (χ0v) is 13.9. The van der Waals surface area contributed by atoms with E-state index in [1.807, 2.05) is 0 Å². The maximum Gasteiger partial charge on any atom is 0.0424 e. The van der Waals surface area contributed by atoms with E-state index in [1.165, 1.54) is 36.9 Å². The van der Waals surface area contributed by atoms with Crippen LogP contribution in [0.2, 0.25) is 0 Å². The van der Waals surface area contributed by atoms with Crippen LogP contribution in [-0.2, 0) is 6.42 Å². The van der Waals surface area contributed by atoms with E-state index in [2.05, 4.69) is 55.1 Å². The SMILES string of the molecule is CCCc1ccc(C(N)CN2CCCC(N(C)C)C2)cc1. The second kappa shape index (κ2) is 7.92. The summed E-state index contributed by atoms with van der Waals surface area (Å²) in [5.41, 5.74) is 9.10. The van der Waals surface area contributed by atoms with Crippen LogP contribution in [0.5, 0.6) is 0 Å². The van der Waals surface area contributed by atoms with Gasteiger partial charge >= 0.3 is 0 Å². The molecule has 1 saturated heterocycles. The quantitative estimate of drug-likeness (QED) is 0.874. The maximum absolute atomic E-state index is 6.42. The molecule has 2 rings (SSSR count). The van der Waals surface area contributed by atoms with Crippen molar-refractivity contribution in [3.05, 3.63) is 35.4 Å². The largest absolute Gasteiger partial charge is 0.323 e. The smallest absolute Gasteiger partial charge is 0.0424 e. The number of aryl methyl sites for hydroxylation is 1. The van der Waals surface area contributed by atoms with Gasteiger partial charge in [-0.15, -0.1) is 0 Å². The summed E-state index contributed by atoms with van der Waals surface area (Å²) in [4.78, 5) is 4.87. The molecule has 0 spiro atoms. The van der Waals surface area contributed by atoms with Crippen molar-refractivity contribution in [3.63, 3.8) is 0 Å². The number of piperidine rings is 1. The van der Waals surface area contributed by atoms with Crippen LogP contribution < -0.4 is 5.73 Å². The van der Waals surface area contributed by atoms with Crippen LogP contribution in [0.3, 0.4) is 0 Å². The van der Waals surface area contributed by atoms with Crippen LogP contribution in [-0.4, -0.2) is 49.6 Å². The highest BCUT2D eigenvalue weighted by molar-refractivity contribution is 5.25. The van der Waals surface area contributed by atoms with Crippen LogP contribution in [0.1, 0.15) is 43.4 Å². The minimum atomic E-state index is 0.126. The Hall–Kier alpha value is -0.900. The van der Waals surface area contributed by atoms with Gasteiger partial charge in [-0.1, -0.05) is 37.6 Å². The lowest BCUT2D eigenvalue weighted by molar-refractivity contribution is 0.128. The average Bonchev–Trinajstić information content (AvgIpc) is 2.48. The topological polar surface area (TPSA) is 32.5 Å². The molecule has 0 saturated carbocycles. The van der Waals surface area contributed by atoms with Crippen molar-refractivity contribution in [3.8, 4) is 0 Å². The molecule has 1 heterocycles. The lowest BCUT2D eigenvalue weighted by atomic mass is 10.0. The molecule has 3 nitrogen and oxygen atoms in total. The molecular formula is C18H31N3. The fourth-order valence-electron chi connectivity index (χ4n) is 3.22. The van der Waals surface area contributed by atoms with Crippen molar-refractivity contribution < 1.29 is 0 Å². The molecule has 1 aliphatic heterocycles. The molecule has 0 aliphatic carbocycles. The number of hydrogen-bond donors (Lipinski definition) is 1. The van der Waals surface area contributed by atoms with Crippen molar-refractivity contribution in [2.45, 2.75) is 44.7 Å². The number of hydrogen-bond acceptors (Lipinski definition) is 3. The van der Waals surface area contributed by atoms with Gasteiger partial charge in [0.1, 0.15) is 0 Å². The number of likely N-dealkylation sites (N-methyl/N-ethyl adjacent to an activating group) is 1. The third-order valence-corrected chi connectivity index (χ3v) is 4.61. The highest BCUT2D eigenvalue weighted by Gasteiger charge is 2.22. The molecule has 118 valence electrons. The monoisotopic (exact) mass is 289 g/mol. The van der Waals surface area contributed by atoms with Gasteiger partial charge in [0, 0.05) is 25.2 Å². The summed E-state index contributed by atoms with van der Waals surface area (Å²) in [6.45, 7) is 5.52. The fourth-order valence-corrected chi connectivity index (χ4v) is 3.22. The van der Waals surface area contributed by atoms with Gasteiger partial charge in [0.25, 0.3) is 0 Å². The summed E-state index contributed by atoms with van der Waals surface area (Å²) in [6.07, 6.45) is 4.95. The van der Waals surface area contributed by atoms with E-state index in [0.29, 0.717) is 6.04 Å². The summed E-state index contributed by atoms with van der Waals surface area (Å²) in [6, 6.07) is 9.70. The Bertz CT molecular complexity index is 413. The van der Waals surface area contributed by atoms with Crippen LogP contribution in [0.25, 0.3) is 0 Å². The van der Waals surface area contributed by atoms with Crippen molar-refractivity contribution in [2.75, 3.05) is 33.7 Å². The standard InChI is InChI=1S/C18H31N3/c1-4-6-15-8-10-16(11-9-15)18(19)14-21-12-5-7-17(13-21)20(2)3/h8-11,17-18H,4-7,12-14,19H2,1-3H3. The molecule has 2 N–H and O–H groups in total. The number of rotatable bonds is 6. The summed E-state index contributed by atoms with van der Waals surface area (Å²) in [7, 11) is 4.36. The lowest BCUT2D eigenvalue weighted by Gasteiger charge is -2.37. The van der Waals surface area contributed by atoms with Gasteiger partial charge < -0.3 is 10.6 Å². The Morgan fingerprint density at radius 2 is 2.00 bits per heavy atom. The van der Waals surface area contributed by atoms with Gasteiger partial charge in [0.05, 0.1) is 0 Å². The summed E-state index contributed by atoms with van der Waals surface area (Å²) in [5.74, 6) is 0. The highest BCUT2D eigenvalue weighted by Crippen LogP contribution is 2.18. The zero-order valence-electron chi connectivity index (χ0n) is 13.9. The van der Waals surface area contributed by atoms with Crippen LogP contribution >= 0.6 is 0 Å². The van der Waals surface area contributed by atoms with Crippen LogP contribution in [0.4, 0.5) is 0 Å². The van der Waals surface area contributed by atoms with Crippen molar-refractivity contribution in [1.82, 2.24) is 9.80 Å². The number of benzene rings is 1.